The lowest BCUT2D eigenvalue weighted by Crippen LogP contribution is -2.10. The number of rotatable bonds is 1. The summed E-state index contributed by atoms with van der Waals surface area (Å²) in [5.74, 6) is 0.869. The molecule has 0 aliphatic carbocycles. The van der Waals surface area contributed by atoms with Crippen LogP contribution in [0.2, 0.25) is 0 Å². The van der Waals surface area contributed by atoms with E-state index in [9.17, 15) is 0 Å². The minimum atomic E-state index is 0.714. The van der Waals surface area contributed by atoms with Crippen LogP contribution in [0.5, 0.6) is 0 Å². The molecule has 0 amide bonds. The van der Waals surface area contributed by atoms with Crippen molar-refractivity contribution in [1.82, 2.24) is 4.98 Å². The second kappa shape index (κ2) is 3.08. The lowest BCUT2D eigenvalue weighted by Gasteiger charge is -2.09. The molecule has 0 atom stereocenters. The van der Waals surface area contributed by atoms with Gasteiger partial charge in [-0.1, -0.05) is 18.2 Å². The molecular formula is C11H11N3. The van der Waals surface area contributed by atoms with E-state index in [1.165, 1.54) is 0 Å². The Morgan fingerprint density at radius 1 is 1.29 bits per heavy atom. The predicted octanol–water partition coefficient (Wildman–Crippen LogP) is 2.11. The van der Waals surface area contributed by atoms with E-state index in [-0.39, 0.29) is 0 Å². The molecule has 3 nitrogen and oxygen atoms in total. The van der Waals surface area contributed by atoms with Gasteiger partial charge in [-0.3, -0.25) is 0 Å². The summed E-state index contributed by atoms with van der Waals surface area (Å²) in [4.78, 5) is 5.13. The van der Waals surface area contributed by atoms with Gasteiger partial charge in [-0.2, -0.15) is 5.26 Å². The van der Waals surface area contributed by atoms with E-state index in [4.69, 9.17) is 5.26 Å². The smallest absolute Gasteiger partial charge is 0.124 e. The molecule has 1 N–H and O–H groups in total. The number of hydrogen-bond acceptors (Lipinski definition) is 2. The average molecular weight is 185 g/mol. The van der Waals surface area contributed by atoms with E-state index >= 15 is 0 Å². The van der Waals surface area contributed by atoms with Crippen LogP contribution in [-0.4, -0.2) is 19.1 Å². The number of aromatic nitrogens is 1. The summed E-state index contributed by atoms with van der Waals surface area (Å²) in [7, 11) is 3.84. The fourth-order valence-corrected chi connectivity index (χ4v) is 1.58. The first kappa shape index (κ1) is 8.64. The summed E-state index contributed by atoms with van der Waals surface area (Å²) in [6, 6.07) is 10.1. The van der Waals surface area contributed by atoms with Gasteiger partial charge in [-0.05, 0) is 6.07 Å². The molecule has 0 aliphatic heterocycles. The van der Waals surface area contributed by atoms with E-state index in [2.05, 4.69) is 11.1 Å². The van der Waals surface area contributed by atoms with Gasteiger partial charge in [0, 0.05) is 25.0 Å². The highest BCUT2D eigenvalue weighted by atomic mass is 15.1. The zero-order valence-electron chi connectivity index (χ0n) is 8.20. The van der Waals surface area contributed by atoms with Crippen LogP contribution in [0, 0.1) is 11.3 Å². The molecule has 0 aliphatic rings. The maximum absolute atomic E-state index is 9.06. The highest BCUT2D eigenvalue weighted by Crippen LogP contribution is 2.26. The Hall–Kier alpha value is -1.95. The molecule has 0 saturated carbocycles. The molecule has 70 valence electrons. The zero-order valence-corrected chi connectivity index (χ0v) is 8.20. The van der Waals surface area contributed by atoms with Crippen LogP contribution in [-0.2, 0) is 0 Å². The lowest BCUT2D eigenvalue weighted by atomic mass is 10.2. The van der Waals surface area contributed by atoms with Gasteiger partial charge in [0.05, 0.1) is 0 Å². The van der Waals surface area contributed by atoms with Gasteiger partial charge >= 0.3 is 0 Å². The van der Waals surface area contributed by atoms with Crippen molar-refractivity contribution in [1.29, 1.82) is 5.26 Å². The second-order valence-corrected chi connectivity index (χ2v) is 3.40. The summed E-state index contributed by atoms with van der Waals surface area (Å²) >= 11 is 0. The van der Waals surface area contributed by atoms with Crippen molar-refractivity contribution in [3.05, 3.63) is 29.8 Å². The summed E-state index contributed by atoms with van der Waals surface area (Å²) in [6.45, 7) is 0. The molecule has 0 radical (unpaired) electrons. The molecular weight excluding hydrogens is 174 g/mol. The van der Waals surface area contributed by atoms with Gasteiger partial charge in [-0.15, -0.1) is 0 Å². The minimum Gasteiger partial charge on any atom is -0.363 e. The number of nitrogens with one attached hydrogen (secondary N) is 1. The Kier molecular flexibility index (Phi) is 1.90. The fourth-order valence-electron chi connectivity index (χ4n) is 1.58. The highest BCUT2D eigenvalue weighted by Gasteiger charge is 2.11. The van der Waals surface area contributed by atoms with E-state index in [0.29, 0.717) is 5.56 Å². The van der Waals surface area contributed by atoms with Gasteiger partial charge < -0.3 is 9.88 Å². The number of H-pyrrole nitrogens is 1. The van der Waals surface area contributed by atoms with Crippen LogP contribution < -0.4 is 4.90 Å². The van der Waals surface area contributed by atoms with Crippen molar-refractivity contribution in [2.24, 2.45) is 0 Å². The van der Waals surface area contributed by atoms with E-state index < -0.39 is 0 Å². The molecule has 1 aromatic heterocycles. The molecule has 3 heteroatoms. The first-order valence-corrected chi connectivity index (χ1v) is 4.42. The van der Waals surface area contributed by atoms with Gasteiger partial charge in [0.15, 0.2) is 0 Å². The molecule has 0 bridgehead atoms. The predicted molar refractivity (Wildman–Crippen MR) is 57.3 cm³/mol. The number of fused-ring (bicyclic) bond motifs is 1. The summed E-state index contributed by atoms with van der Waals surface area (Å²) in [5, 5.41) is 10.0. The minimum absolute atomic E-state index is 0.714. The number of aromatic amines is 1. The van der Waals surface area contributed by atoms with Crippen molar-refractivity contribution >= 4 is 16.7 Å². The number of para-hydroxylation sites is 1. The molecule has 2 aromatic rings. The number of nitriles is 1. The van der Waals surface area contributed by atoms with Crippen LogP contribution in [0.3, 0.4) is 0 Å². The Morgan fingerprint density at radius 3 is 2.64 bits per heavy atom. The van der Waals surface area contributed by atoms with Crippen LogP contribution in [0.4, 0.5) is 5.82 Å². The topological polar surface area (TPSA) is 42.8 Å². The molecule has 1 aromatic carbocycles. The fraction of sp³-hybridized carbons (Fsp3) is 0.182. The molecule has 0 spiro atoms. The quantitative estimate of drug-likeness (QED) is 0.739. The lowest BCUT2D eigenvalue weighted by molar-refractivity contribution is 1.09. The van der Waals surface area contributed by atoms with Crippen molar-refractivity contribution in [2.45, 2.75) is 0 Å². The summed E-state index contributed by atoms with van der Waals surface area (Å²) in [6.07, 6.45) is 0. The first-order chi connectivity index (χ1) is 6.74. The van der Waals surface area contributed by atoms with Crippen molar-refractivity contribution < 1.29 is 0 Å². The van der Waals surface area contributed by atoms with Crippen LogP contribution in [0.1, 0.15) is 5.56 Å². The molecule has 2 rings (SSSR count). The van der Waals surface area contributed by atoms with E-state index in [0.717, 1.165) is 16.7 Å². The number of anilines is 1. The Labute approximate surface area is 82.6 Å². The molecule has 0 fully saturated rings. The SMILES string of the molecule is CN(C)c1[nH]c2ccccc2c1C#N. The Bertz CT molecular complexity index is 503. The molecule has 0 saturated heterocycles. The normalized spacial score (nSPS) is 10.1. The van der Waals surface area contributed by atoms with Crippen molar-refractivity contribution in [3.8, 4) is 6.07 Å². The standard InChI is InChI=1S/C11H11N3/c1-14(2)11-9(7-12)8-5-3-4-6-10(8)13-11/h3-6,13H,1-2H3. The Morgan fingerprint density at radius 2 is 2.00 bits per heavy atom. The molecule has 1 heterocycles. The van der Waals surface area contributed by atoms with Crippen LogP contribution in [0.15, 0.2) is 24.3 Å². The largest absolute Gasteiger partial charge is 0.363 e. The van der Waals surface area contributed by atoms with Gasteiger partial charge in [0.2, 0.25) is 0 Å². The maximum atomic E-state index is 9.06. The zero-order chi connectivity index (χ0) is 10.1. The second-order valence-electron chi connectivity index (χ2n) is 3.40. The van der Waals surface area contributed by atoms with Crippen LogP contribution >= 0.6 is 0 Å². The average Bonchev–Trinajstić information content (AvgIpc) is 2.56. The first-order valence-electron chi connectivity index (χ1n) is 4.42. The number of hydrogen-bond donors (Lipinski definition) is 1. The van der Waals surface area contributed by atoms with Gasteiger partial charge in [0.1, 0.15) is 17.5 Å². The number of benzene rings is 1. The Balaban J connectivity index is 2.81. The third-order valence-corrected chi connectivity index (χ3v) is 2.25. The third kappa shape index (κ3) is 1.12. The number of nitrogens with zero attached hydrogens (tertiary/aromatic N) is 2. The highest BCUT2D eigenvalue weighted by molar-refractivity contribution is 5.91. The molecule has 14 heavy (non-hydrogen) atoms. The van der Waals surface area contributed by atoms with Gasteiger partial charge in [-0.25, -0.2) is 0 Å². The van der Waals surface area contributed by atoms with Crippen molar-refractivity contribution in [2.75, 3.05) is 19.0 Å². The van der Waals surface area contributed by atoms with Gasteiger partial charge in [0.25, 0.3) is 0 Å². The third-order valence-electron chi connectivity index (χ3n) is 2.25. The van der Waals surface area contributed by atoms with Crippen LogP contribution in [0.25, 0.3) is 10.9 Å². The van der Waals surface area contributed by atoms with E-state index in [1.54, 1.807) is 0 Å². The monoisotopic (exact) mass is 185 g/mol. The maximum Gasteiger partial charge on any atom is 0.124 e. The van der Waals surface area contributed by atoms with Crippen molar-refractivity contribution in [3.63, 3.8) is 0 Å². The molecule has 0 unspecified atom stereocenters. The summed E-state index contributed by atoms with van der Waals surface area (Å²) < 4.78 is 0. The summed E-state index contributed by atoms with van der Waals surface area (Å²) in [5.41, 5.74) is 1.72. The van der Waals surface area contributed by atoms with E-state index in [1.807, 2.05) is 43.3 Å².